The standard InChI is InChI=1S/C11H17N3O2S/c1-16-8-2-4-14-7-9(13-10(14)6-8)11(15)12-3-5-17/h7-8,17H,2-6H2,1H3,(H,12,15). The largest absolute Gasteiger partial charge is 0.381 e. The lowest BCUT2D eigenvalue weighted by Crippen LogP contribution is -2.25. The van der Waals surface area contributed by atoms with Crippen LogP contribution in [0.2, 0.25) is 0 Å². The van der Waals surface area contributed by atoms with Crippen LogP contribution in [0.25, 0.3) is 0 Å². The Kier molecular flexibility index (Phi) is 4.06. The Hall–Kier alpha value is -1.01. The van der Waals surface area contributed by atoms with Crippen LogP contribution < -0.4 is 5.32 Å². The lowest BCUT2D eigenvalue weighted by Gasteiger charge is -2.21. The van der Waals surface area contributed by atoms with Gasteiger partial charge in [0, 0.05) is 38.6 Å². The zero-order valence-electron chi connectivity index (χ0n) is 9.85. The first-order chi connectivity index (χ1) is 8.24. The molecule has 2 heterocycles. The molecule has 6 heteroatoms. The van der Waals surface area contributed by atoms with Crippen LogP contribution in [0.1, 0.15) is 22.7 Å². The van der Waals surface area contributed by atoms with E-state index in [-0.39, 0.29) is 12.0 Å². The maximum atomic E-state index is 11.7. The van der Waals surface area contributed by atoms with E-state index in [9.17, 15) is 4.79 Å². The highest BCUT2D eigenvalue weighted by Crippen LogP contribution is 2.17. The Balaban J connectivity index is 2.07. The maximum absolute atomic E-state index is 11.7. The fourth-order valence-corrected chi connectivity index (χ4v) is 2.08. The number of amides is 1. The van der Waals surface area contributed by atoms with Gasteiger partial charge < -0.3 is 14.6 Å². The summed E-state index contributed by atoms with van der Waals surface area (Å²) in [5.41, 5.74) is 0.485. The molecule has 1 aliphatic rings. The normalized spacial score (nSPS) is 18.8. The number of ether oxygens (including phenoxy) is 1. The van der Waals surface area contributed by atoms with Gasteiger partial charge in [-0.1, -0.05) is 0 Å². The molecule has 0 aromatic carbocycles. The van der Waals surface area contributed by atoms with Crippen molar-refractivity contribution in [1.82, 2.24) is 14.9 Å². The van der Waals surface area contributed by atoms with E-state index in [2.05, 4.69) is 22.9 Å². The Bertz CT molecular complexity index is 405. The van der Waals surface area contributed by atoms with Gasteiger partial charge in [0.2, 0.25) is 0 Å². The van der Waals surface area contributed by atoms with Gasteiger partial charge in [0.15, 0.2) is 0 Å². The van der Waals surface area contributed by atoms with Gasteiger partial charge in [-0.05, 0) is 6.42 Å². The SMILES string of the molecule is COC1CCn2cc(C(=O)NCCS)nc2C1. The number of rotatable bonds is 4. The first-order valence-corrected chi connectivity index (χ1v) is 6.35. The minimum Gasteiger partial charge on any atom is -0.381 e. The van der Waals surface area contributed by atoms with Crippen LogP contribution in [0.5, 0.6) is 0 Å². The van der Waals surface area contributed by atoms with Gasteiger partial charge >= 0.3 is 0 Å². The van der Waals surface area contributed by atoms with Gasteiger partial charge in [0.1, 0.15) is 11.5 Å². The number of aryl methyl sites for hydroxylation is 1. The van der Waals surface area contributed by atoms with Crippen molar-refractivity contribution >= 4 is 18.5 Å². The smallest absolute Gasteiger partial charge is 0.271 e. The van der Waals surface area contributed by atoms with Crippen LogP contribution in [0.3, 0.4) is 0 Å². The lowest BCUT2D eigenvalue weighted by atomic mass is 10.1. The molecule has 0 aliphatic carbocycles. The zero-order chi connectivity index (χ0) is 12.3. The number of carbonyl (C=O) groups is 1. The van der Waals surface area contributed by atoms with Gasteiger partial charge in [0.05, 0.1) is 6.10 Å². The topological polar surface area (TPSA) is 56.1 Å². The quantitative estimate of drug-likeness (QED) is 0.771. The van der Waals surface area contributed by atoms with E-state index < -0.39 is 0 Å². The van der Waals surface area contributed by atoms with E-state index in [4.69, 9.17) is 4.74 Å². The third-order valence-electron chi connectivity index (χ3n) is 2.92. The molecular weight excluding hydrogens is 238 g/mol. The second-order valence-electron chi connectivity index (χ2n) is 4.07. The molecule has 94 valence electrons. The molecule has 2 rings (SSSR count). The van der Waals surface area contributed by atoms with Crippen molar-refractivity contribution in [2.75, 3.05) is 19.4 Å². The predicted octanol–water partition coefficient (Wildman–Crippen LogP) is 0.504. The number of nitrogens with zero attached hydrogens (tertiary/aromatic N) is 2. The number of nitrogens with one attached hydrogen (secondary N) is 1. The number of thiol groups is 1. The molecule has 1 amide bonds. The van der Waals surface area contributed by atoms with Crippen molar-refractivity contribution in [3.8, 4) is 0 Å². The molecule has 1 atom stereocenters. The number of carbonyl (C=O) groups excluding carboxylic acids is 1. The molecule has 0 radical (unpaired) electrons. The van der Waals surface area contributed by atoms with Crippen molar-refractivity contribution in [2.24, 2.45) is 0 Å². The average molecular weight is 255 g/mol. The highest BCUT2D eigenvalue weighted by atomic mass is 32.1. The zero-order valence-corrected chi connectivity index (χ0v) is 10.7. The number of imidazole rings is 1. The summed E-state index contributed by atoms with van der Waals surface area (Å²) in [5, 5.41) is 2.76. The Morgan fingerprint density at radius 1 is 1.76 bits per heavy atom. The molecule has 1 aromatic heterocycles. The Morgan fingerprint density at radius 3 is 3.29 bits per heavy atom. The van der Waals surface area contributed by atoms with Crippen LogP contribution in [-0.2, 0) is 17.7 Å². The highest BCUT2D eigenvalue weighted by molar-refractivity contribution is 7.80. The third kappa shape index (κ3) is 2.81. The molecule has 1 unspecified atom stereocenters. The summed E-state index contributed by atoms with van der Waals surface area (Å²) >= 11 is 4.05. The molecular formula is C11H17N3O2S. The van der Waals surface area contributed by atoms with E-state index in [1.165, 1.54) is 0 Å². The molecule has 0 saturated carbocycles. The minimum atomic E-state index is -0.130. The third-order valence-corrected chi connectivity index (χ3v) is 3.15. The molecule has 0 spiro atoms. The molecule has 0 fully saturated rings. The van der Waals surface area contributed by atoms with Crippen LogP contribution in [0.4, 0.5) is 0 Å². The van der Waals surface area contributed by atoms with Gasteiger partial charge in [-0.15, -0.1) is 0 Å². The lowest BCUT2D eigenvalue weighted by molar-refractivity contribution is 0.0796. The first kappa shape index (κ1) is 12.4. The van der Waals surface area contributed by atoms with Gasteiger partial charge in [-0.25, -0.2) is 4.98 Å². The van der Waals surface area contributed by atoms with E-state index in [1.54, 1.807) is 7.11 Å². The molecule has 1 aromatic rings. The molecule has 5 nitrogen and oxygen atoms in total. The van der Waals surface area contributed by atoms with Gasteiger partial charge in [0.25, 0.3) is 5.91 Å². The summed E-state index contributed by atoms with van der Waals surface area (Å²) in [6, 6.07) is 0. The summed E-state index contributed by atoms with van der Waals surface area (Å²) in [6.07, 6.45) is 3.78. The van der Waals surface area contributed by atoms with Crippen molar-refractivity contribution < 1.29 is 9.53 Å². The van der Waals surface area contributed by atoms with Crippen LogP contribution >= 0.6 is 12.6 Å². The Morgan fingerprint density at radius 2 is 2.59 bits per heavy atom. The number of hydrogen-bond acceptors (Lipinski definition) is 4. The van der Waals surface area contributed by atoms with Crippen LogP contribution in [0, 0.1) is 0 Å². The van der Waals surface area contributed by atoms with E-state index in [1.807, 2.05) is 10.8 Å². The fourth-order valence-electron chi connectivity index (χ4n) is 1.97. The molecule has 0 saturated heterocycles. The van der Waals surface area contributed by atoms with Crippen molar-refractivity contribution in [1.29, 1.82) is 0 Å². The average Bonchev–Trinajstić information content (AvgIpc) is 2.78. The van der Waals surface area contributed by atoms with Crippen molar-refractivity contribution in [3.63, 3.8) is 0 Å². The summed E-state index contributed by atoms with van der Waals surface area (Å²) in [7, 11) is 1.71. The first-order valence-electron chi connectivity index (χ1n) is 5.72. The maximum Gasteiger partial charge on any atom is 0.271 e. The van der Waals surface area contributed by atoms with Crippen molar-refractivity contribution in [2.45, 2.75) is 25.5 Å². The van der Waals surface area contributed by atoms with Gasteiger partial charge in [-0.3, -0.25) is 4.79 Å². The van der Waals surface area contributed by atoms with Crippen molar-refractivity contribution in [3.05, 3.63) is 17.7 Å². The van der Waals surface area contributed by atoms with Crippen LogP contribution in [-0.4, -0.2) is 41.0 Å². The molecule has 17 heavy (non-hydrogen) atoms. The predicted molar refractivity (Wildman–Crippen MR) is 67.5 cm³/mol. The fraction of sp³-hybridized carbons (Fsp3) is 0.636. The van der Waals surface area contributed by atoms with E-state index in [0.717, 1.165) is 25.2 Å². The second-order valence-corrected chi connectivity index (χ2v) is 4.51. The number of methoxy groups -OCH3 is 1. The monoisotopic (exact) mass is 255 g/mol. The Labute approximate surface area is 106 Å². The summed E-state index contributed by atoms with van der Waals surface area (Å²) in [4.78, 5) is 16.1. The minimum absolute atomic E-state index is 0.130. The highest BCUT2D eigenvalue weighted by Gasteiger charge is 2.22. The molecule has 0 bridgehead atoms. The molecule has 1 N–H and O–H groups in total. The summed E-state index contributed by atoms with van der Waals surface area (Å²) < 4.78 is 7.35. The van der Waals surface area contributed by atoms with E-state index in [0.29, 0.717) is 18.0 Å². The molecule has 1 aliphatic heterocycles. The van der Waals surface area contributed by atoms with Gasteiger partial charge in [-0.2, -0.15) is 12.6 Å². The second kappa shape index (κ2) is 5.55. The number of fused-ring (bicyclic) bond motifs is 1. The number of aromatic nitrogens is 2. The number of hydrogen-bond donors (Lipinski definition) is 2. The summed E-state index contributed by atoms with van der Waals surface area (Å²) in [6.45, 7) is 1.42. The summed E-state index contributed by atoms with van der Waals surface area (Å²) in [5.74, 6) is 1.43. The van der Waals surface area contributed by atoms with E-state index >= 15 is 0 Å². The van der Waals surface area contributed by atoms with Crippen LogP contribution in [0.15, 0.2) is 6.20 Å².